The van der Waals surface area contributed by atoms with Crippen molar-refractivity contribution in [3.63, 3.8) is 0 Å². The first-order valence-electron chi connectivity index (χ1n) is 16.3. The molecule has 1 fully saturated rings. The van der Waals surface area contributed by atoms with Gasteiger partial charge in [0.1, 0.15) is 5.60 Å². The molecule has 262 valence electrons. The fourth-order valence-corrected chi connectivity index (χ4v) is 8.41. The van der Waals surface area contributed by atoms with Gasteiger partial charge in [-0.2, -0.15) is 0 Å². The smallest absolute Gasteiger partial charge is 0.410 e. The molecule has 2 aromatic heterocycles. The first-order chi connectivity index (χ1) is 23.3. The van der Waals surface area contributed by atoms with Crippen molar-refractivity contribution in [1.29, 1.82) is 0 Å². The monoisotopic (exact) mass is 731 g/mol. The highest BCUT2D eigenvalue weighted by Gasteiger charge is 2.34. The Morgan fingerprint density at radius 1 is 0.880 bits per heavy atom. The fraction of sp³-hybridized carbons (Fsp3) is 0.342. The Balaban J connectivity index is 1.47. The van der Waals surface area contributed by atoms with Gasteiger partial charge in [0, 0.05) is 54.2 Å². The number of thiazole rings is 1. The summed E-state index contributed by atoms with van der Waals surface area (Å²) >= 11 is 1.56. The number of rotatable bonds is 7. The van der Waals surface area contributed by atoms with E-state index in [9.17, 15) is 21.6 Å². The highest BCUT2D eigenvalue weighted by Crippen LogP contribution is 2.43. The Kier molecular flexibility index (Phi) is 9.20. The molecule has 3 aromatic carbocycles. The van der Waals surface area contributed by atoms with Gasteiger partial charge in [0.15, 0.2) is 19.7 Å². The van der Waals surface area contributed by atoms with Crippen LogP contribution in [-0.2, 0) is 29.2 Å². The molecular formula is C38H41N3O6S3. The number of likely N-dealkylation sites (tertiary alicyclic amines) is 1. The molecule has 0 aliphatic carbocycles. The summed E-state index contributed by atoms with van der Waals surface area (Å²) in [4.78, 5) is 25.5. The van der Waals surface area contributed by atoms with Gasteiger partial charge in [0.2, 0.25) is 0 Å². The summed E-state index contributed by atoms with van der Waals surface area (Å²) in [6, 6.07) is 22.4. The van der Waals surface area contributed by atoms with Crippen LogP contribution < -0.4 is 0 Å². The van der Waals surface area contributed by atoms with Gasteiger partial charge in [0.25, 0.3) is 0 Å². The van der Waals surface area contributed by atoms with Crippen molar-refractivity contribution >= 4 is 48.0 Å². The number of hydrogen-bond acceptors (Lipinski definition) is 9. The van der Waals surface area contributed by atoms with E-state index in [4.69, 9.17) is 9.72 Å². The zero-order valence-corrected chi connectivity index (χ0v) is 31.7. The molecule has 1 atom stereocenters. The zero-order chi connectivity index (χ0) is 36.2. The van der Waals surface area contributed by atoms with Crippen molar-refractivity contribution in [2.24, 2.45) is 0 Å². The molecule has 50 heavy (non-hydrogen) atoms. The number of nitrogens with zero attached hydrogens (tertiary/aromatic N) is 3. The van der Waals surface area contributed by atoms with Crippen LogP contribution in [0.3, 0.4) is 0 Å². The number of ether oxygens (including phenoxy) is 1. The van der Waals surface area contributed by atoms with Crippen LogP contribution in [0, 0.1) is 0 Å². The predicted octanol–water partition coefficient (Wildman–Crippen LogP) is 8.10. The van der Waals surface area contributed by atoms with E-state index < -0.39 is 30.0 Å². The van der Waals surface area contributed by atoms with Gasteiger partial charge in [-0.05, 0) is 94.1 Å². The summed E-state index contributed by atoms with van der Waals surface area (Å²) in [5, 5.41) is 1.72. The molecule has 9 nitrogen and oxygen atoms in total. The number of aromatic nitrogens is 2. The minimum Gasteiger partial charge on any atom is -0.444 e. The molecule has 1 unspecified atom stereocenters. The maximum atomic E-state index is 12.9. The van der Waals surface area contributed by atoms with E-state index in [1.165, 1.54) is 12.5 Å². The third-order valence-corrected chi connectivity index (χ3v) is 13.6. The van der Waals surface area contributed by atoms with Crippen LogP contribution in [0.15, 0.2) is 83.9 Å². The molecule has 1 saturated heterocycles. The summed E-state index contributed by atoms with van der Waals surface area (Å²) in [7, 11) is -6.83. The third kappa shape index (κ3) is 7.19. The average molecular weight is 732 g/mol. The van der Waals surface area contributed by atoms with E-state index in [-0.39, 0.29) is 16.9 Å². The Bertz CT molecular complexity index is 2320. The number of amides is 1. The summed E-state index contributed by atoms with van der Waals surface area (Å²) in [5.41, 5.74) is 4.88. The number of benzene rings is 3. The minimum absolute atomic E-state index is 0.00143. The molecule has 0 spiro atoms. The lowest BCUT2D eigenvalue weighted by Gasteiger charge is -2.24. The van der Waals surface area contributed by atoms with Gasteiger partial charge in [-0.1, -0.05) is 36.4 Å². The third-order valence-electron chi connectivity index (χ3n) is 9.15. The number of hydrogen-bond donors (Lipinski definition) is 0. The van der Waals surface area contributed by atoms with Crippen LogP contribution in [0.5, 0.6) is 0 Å². The standard InChI is InChI=1S/C38H41N3O6S3/c1-37(2,3)47-36(42)41-19-17-28(23-41)35-40-33(24-13-15-30(16-14-24)49(6,43)44)34(48-35)27-11-8-10-25(20-27)31-22-29(38(4,5)50(7,45)46)21-26-12-9-18-39-32(26)31/h8-16,18,20-22,28H,17,19,23H2,1-7H3. The number of carbonyl (C=O) groups excluding carboxylic acids is 1. The fourth-order valence-electron chi connectivity index (χ4n) is 6.02. The highest BCUT2D eigenvalue weighted by atomic mass is 32.2. The quantitative estimate of drug-likeness (QED) is 0.165. The molecule has 0 N–H and O–H groups in total. The first-order valence-corrected chi connectivity index (χ1v) is 20.9. The van der Waals surface area contributed by atoms with Crippen molar-refractivity contribution in [2.75, 3.05) is 25.6 Å². The largest absolute Gasteiger partial charge is 0.444 e. The zero-order valence-electron chi connectivity index (χ0n) is 29.2. The maximum Gasteiger partial charge on any atom is 0.410 e. The summed E-state index contributed by atoms with van der Waals surface area (Å²) in [5.74, 6) is 0.00143. The lowest BCUT2D eigenvalue weighted by Crippen LogP contribution is -2.35. The van der Waals surface area contributed by atoms with E-state index in [1.54, 1.807) is 60.5 Å². The maximum absolute atomic E-state index is 12.9. The molecule has 0 bridgehead atoms. The first kappa shape index (κ1) is 35.7. The Morgan fingerprint density at radius 2 is 1.58 bits per heavy atom. The second-order valence-electron chi connectivity index (χ2n) is 14.4. The van der Waals surface area contributed by atoms with E-state index in [2.05, 4.69) is 11.1 Å². The van der Waals surface area contributed by atoms with E-state index in [0.29, 0.717) is 24.3 Å². The van der Waals surface area contributed by atoms with E-state index in [0.717, 1.165) is 49.5 Å². The average Bonchev–Trinajstić information content (AvgIpc) is 3.71. The molecule has 1 aliphatic heterocycles. The molecule has 6 rings (SSSR count). The van der Waals surface area contributed by atoms with Crippen molar-refractivity contribution in [3.05, 3.63) is 89.6 Å². The second-order valence-corrected chi connectivity index (χ2v) is 20.0. The summed E-state index contributed by atoms with van der Waals surface area (Å²) in [6.45, 7) is 10.0. The van der Waals surface area contributed by atoms with E-state index >= 15 is 0 Å². The van der Waals surface area contributed by atoms with Gasteiger partial charge in [-0.3, -0.25) is 4.98 Å². The molecular weight excluding hydrogens is 691 g/mol. The van der Waals surface area contributed by atoms with Crippen molar-refractivity contribution in [2.45, 2.75) is 62.2 Å². The van der Waals surface area contributed by atoms with Crippen LogP contribution in [0.25, 0.3) is 43.7 Å². The SMILES string of the molecule is CC(C)(C)OC(=O)N1CCC(c2nc(-c3ccc(S(C)(=O)=O)cc3)c(-c3cccc(-c4cc(C(C)(C)S(C)(=O)=O)cc5cccnc45)c3)s2)C1. The Hall–Kier alpha value is -4.13. The molecule has 0 saturated carbocycles. The molecule has 0 radical (unpaired) electrons. The number of sulfone groups is 2. The molecule has 12 heteroatoms. The molecule has 5 aromatic rings. The van der Waals surface area contributed by atoms with Crippen molar-refractivity contribution in [1.82, 2.24) is 14.9 Å². The summed E-state index contributed by atoms with van der Waals surface area (Å²) < 4.78 is 54.7. The van der Waals surface area contributed by atoms with Crippen LogP contribution in [-0.4, -0.2) is 69.0 Å². The number of fused-ring (bicyclic) bond motifs is 1. The molecule has 1 amide bonds. The van der Waals surface area contributed by atoms with Gasteiger partial charge in [0.05, 0.1) is 30.7 Å². The summed E-state index contributed by atoms with van der Waals surface area (Å²) in [6.07, 6.45) is 4.55. The van der Waals surface area contributed by atoms with Gasteiger partial charge < -0.3 is 9.64 Å². The Morgan fingerprint density at radius 3 is 2.24 bits per heavy atom. The minimum atomic E-state index is -3.44. The van der Waals surface area contributed by atoms with Crippen molar-refractivity contribution in [3.8, 4) is 32.8 Å². The predicted molar refractivity (Wildman–Crippen MR) is 200 cm³/mol. The van der Waals surface area contributed by atoms with Crippen LogP contribution >= 0.6 is 11.3 Å². The number of pyridine rings is 1. The lowest BCUT2D eigenvalue weighted by atomic mass is 9.92. The van der Waals surface area contributed by atoms with Crippen LogP contribution in [0.4, 0.5) is 4.79 Å². The van der Waals surface area contributed by atoms with E-state index in [1.807, 2.05) is 63.2 Å². The normalized spacial score (nSPS) is 15.8. The van der Waals surface area contributed by atoms with Gasteiger partial charge in [-0.25, -0.2) is 26.6 Å². The van der Waals surface area contributed by atoms with Crippen LogP contribution in [0.2, 0.25) is 0 Å². The topological polar surface area (TPSA) is 124 Å². The molecule has 1 aliphatic rings. The van der Waals surface area contributed by atoms with Gasteiger partial charge in [-0.15, -0.1) is 11.3 Å². The number of carbonyl (C=O) groups is 1. The highest BCUT2D eigenvalue weighted by molar-refractivity contribution is 7.91. The second kappa shape index (κ2) is 12.9. The lowest BCUT2D eigenvalue weighted by molar-refractivity contribution is 0.0292. The van der Waals surface area contributed by atoms with Gasteiger partial charge >= 0.3 is 6.09 Å². The molecule has 3 heterocycles. The van der Waals surface area contributed by atoms with Crippen molar-refractivity contribution < 1.29 is 26.4 Å². The van der Waals surface area contributed by atoms with Crippen LogP contribution in [0.1, 0.15) is 57.5 Å². The Labute approximate surface area is 298 Å².